The Bertz CT molecular complexity index is 702. The molecule has 0 aliphatic rings. The molecule has 2 rings (SSSR count). The van der Waals surface area contributed by atoms with Gasteiger partial charge in [0, 0.05) is 30.6 Å². The van der Waals surface area contributed by atoms with E-state index in [4.69, 9.17) is 17.3 Å². The molecule has 122 valence electrons. The van der Waals surface area contributed by atoms with E-state index in [1.807, 2.05) is 0 Å². The number of hydrogen-bond acceptors (Lipinski definition) is 5. The third-order valence-corrected chi connectivity index (χ3v) is 4.30. The third-order valence-electron chi connectivity index (χ3n) is 3.01. The number of rotatable bonds is 7. The first kappa shape index (κ1) is 17.3. The van der Waals surface area contributed by atoms with Gasteiger partial charge in [0.05, 0.1) is 5.75 Å². The summed E-state index contributed by atoms with van der Waals surface area (Å²) in [5.41, 5.74) is 5.65. The van der Waals surface area contributed by atoms with Crippen LogP contribution in [0.25, 0.3) is 0 Å². The van der Waals surface area contributed by atoms with Gasteiger partial charge >= 0.3 is 0 Å². The molecule has 0 unspecified atom stereocenters. The molecular weight excluding hydrogens is 338 g/mol. The highest BCUT2D eigenvalue weighted by Gasteiger charge is 2.11. The summed E-state index contributed by atoms with van der Waals surface area (Å²) >= 11 is 7.01. The summed E-state index contributed by atoms with van der Waals surface area (Å²) < 4.78 is 1.78. The number of aromatic nitrogens is 3. The van der Waals surface area contributed by atoms with Gasteiger partial charge in [-0.2, -0.15) is 0 Å². The molecule has 0 saturated carbocycles. The molecule has 2 aromatic rings. The molecule has 23 heavy (non-hydrogen) atoms. The van der Waals surface area contributed by atoms with E-state index in [-0.39, 0.29) is 11.7 Å². The summed E-state index contributed by atoms with van der Waals surface area (Å²) in [4.78, 5) is 22.7. The molecule has 0 saturated heterocycles. The third kappa shape index (κ3) is 4.97. The predicted molar refractivity (Wildman–Crippen MR) is 88.4 cm³/mol. The second-order valence-electron chi connectivity index (χ2n) is 4.73. The fourth-order valence-electron chi connectivity index (χ4n) is 1.82. The summed E-state index contributed by atoms with van der Waals surface area (Å²) in [6, 6.07) is 6.67. The van der Waals surface area contributed by atoms with E-state index >= 15 is 0 Å². The van der Waals surface area contributed by atoms with Crippen LogP contribution in [-0.2, 0) is 18.3 Å². The summed E-state index contributed by atoms with van der Waals surface area (Å²) in [7, 11) is 1.81. The van der Waals surface area contributed by atoms with Crippen LogP contribution in [0.4, 0.5) is 0 Å². The van der Waals surface area contributed by atoms with Crippen molar-refractivity contribution in [2.24, 2.45) is 12.8 Å². The lowest BCUT2D eigenvalue weighted by Crippen LogP contribution is -2.26. The summed E-state index contributed by atoms with van der Waals surface area (Å²) in [6.07, 6.45) is 0.528. The largest absolute Gasteiger partial charge is 0.369 e. The first-order valence-corrected chi connectivity index (χ1v) is 8.17. The van der Waals surface area contributed by atoms with Crippen molar-refractivity contribution < 1.29 is 9.59 Å². The fourth-order valence-corrected chi connectivity index (χ4v) is 2.61. The molecular formula is C14H16ClN5O2S. The van der Waals surface area contributed by atoms with Gasteiger partial charge in [-0.1, -0.05) is 23.4 Å². The number of primary amides is 1. The van der Waals surface area contributed by atoms with Gasteiger partial charge in [-0.05, 0) is 24.3 Å². The average molecular weight is 354 g/mol. The smallest absolute Gasteiger partial charge is 0.251 e. The Morgan fingerprint density at radius 2 is 2.00 bits per heavy atom. The Morgan fingerprint density at radius 3 is 2.65 bits per heavy atom. The normalized spacial score (nSPS) is 10.5. The number of nitrogens with zero attached hydrogens (tertiary/aromatic N) is 3. The Hall–Kier alpha value is -2.06. The van der Waals surface area contributed by atoms with E-state index < -0.39 is 5.91 Å². The first-order chi connectivity index (χ1) is 11.0. The molecule has 0 aliphatic heterocycles. The van der Waals surface area contributed by atoms with E-state index in [2.05, 4.69) is 15.5 Å². The zero-order valence-electron chi connectivity index (χ0n) is 12.5. The van der Waals surface area contributed by atoms with Crippen molar-refractivity contribution >= 4 is 35.2 Å². The van der Waals surface area contributed by atoms with Crippen molar-refractivity contribution in [3.8, 4) is 0 Å². The highest BCUT2D eigenvalue weighted by Crippen LogP contribution is 2.15. The van der Waals surface area contributed by atoms with Crippen molar-refractivity contribution in [2.45, 2.75) is 11.6 Å². The number of amides is 2. The van der Waals surface area contributed by atoms with Crippen LogP contribution < -0.4 is 11.1 Å². The fraction of sp³-hybridized carbons (Fsp3) is 0.286. The van der Waals surface area contributed by atoms with Gasteiger partial charge in [0.25, 0.3) is 5.91 Å². The van der Waals surface area contributed by atoms with Crippen LogP contribution in [0.3, 0.4) is 0 Å². The van der Waals surface area contributed by atoms with Gasteiger partial charge in [-0.25, -0.2) is 0 Å². The lowest BCUT2D eigenvalue weighted by molar-refractivity contribution is -0.115. The van der Waals surface area contributed by atoms with Crippen molar-refractivity contribution in [1.29, 1.82) is 0 Å². The van der Waals surface area contributed by atoms with Crippen LogP contribution in [-0.4, -0.2) is 38.9 Å². The van der Waals surface area contributed by atoms with Gasteiger partial charge in [0.1, 0.15) is 5.82 Å². The maximum Gasteiger partial charge on any atom is 0.251 e. The van der Waals surface area contributed by atoms with E-state index in [9.17, 15) is 9.59 Å². The van der Waals surface area contributed by atoms with Crippen LogP contribution in [0, 0.1) is 0 Å². The maximum atomic E-state index is 12.0. The topological polar surface area (TPSA) is 103 Å². The molecule has 1 aromatic heterocycles. The Morgan fingerprint density at radius 1 is 1.30 bits per heavy atom. The summed E-state index contributed by atoms with van der Waals surface area (Å²) in [5.74, 6) is 0.287. The summed E-state index contributed by atoms with van der Waals surface area (Å²) in [6.45, 7) is 0.425. The highest BCUT2D eigenvalue weighted by atomic mass is 35.5. The zero-order chi connectivity index (χ0) is 16.8. The van der Waals surface area contributed by atoms with Gasteiger partial charge < -0.3 is 15.6 Å². The molecule has 9 heteroatoms. The van der Waals surface area contributed by atoms with Crippen LogP contribution in [0.15, 0.2) is 29.4 Å². The number of carbonyl (C=O) groups excluding carboxylic acids is 2. The van der Waals surface area contributed by atoms with E-state index in [0.29, 0.717) is 34.5 Å². The Balaban J connectivity index is 1.85. The molecule has 0 radical (unpaired) electrons. The molecule has 0 aliphatic carbocycles. The maximum absolute atomic E-state index is 12.0. The minimum absolute atomic E-state index is 0.152. The Labute approximate surface area is 142 Å². The summed E-state index contributed by atoms with van der Waals surface area (Å²) in [5, 5.41) is 12.0. The number of halogens is 1. The predicted octanol–water partition coefficient (Wildman–Crippen LogP) is 1.02. The minimum Gasteiger partial charge on any atom is -0.369 e. The monoisotopic (exact) mass is 353 g/mol. The van der Waals surface area contributed by atoms with Crippen LogP contribution in [0.5, 0.6) is 0 Å². The quantitative estimate of drug-likeness (QED) is 0.723. The van der Waals surface area contributed by atoms with Crippen LogP contribution in [0.1, 0.15) is 16.2 Å². The highest BCUT2D eigenvalue weighted by molar-refractivity contribution is 7.99. The second-order valence-corrected chi connectivity index (χ2v) is 6.10. The van der Waals surface area contributed by atoms with Gasteiger partial charge in [-0.15, -0.1) is 10.2 Å². The Kier molecular flexibility index (Phi) is 6.00. The molecule has 1 heterocycles. The van der Waals surface area contributed by atoms with Crippen molar-refractivity contribution in [3.05, 3.63) is 40.7 Å². The number of carbonyl (C=O) groups is 2. The first-order valence-electron chi connectivity index (χ1n) is 6.80. The van der Waals surface area contributed by atoms with E-state index in [1.165, 1.54) is 11.8 Å². The van der Waals surface area contributed by atoms with Crippen molar-refractivity contribution in [3.63, 3.8) is 0 Å². The molecule has 0 fully saturated rings. The molecule has 3 N–H and O–H groups in total. The molecule has 0 atom stereocenters. The molecule has 0 bridgehead atoms. The number of thioether (sulfide) groups is 1. The molecule has 2 amide bonds. The zero-order valence-corrected chi connectivity index (χ0v) is 14.0. The van der Waals surface area contributed by atoms with Crippen molar-refractivity contribution in [2.75, 3.05) is 12.3 Å². The minimum atomic E-state index is -0.408. The molecule has 7 nitrogen and oxygen atoms in total. The lowest BCUT2D eigenvalue weighted by Gasteiger charge is -2.06. The van der Waals surface area contributed by atoms with Crippen LogP contribution >= 0.6 is 23.4 Å². The van der Waals surface area contributed by atoms with Gasteiger partial charge in [0.15, 0.2) is 5.16 Å². The molecule has 1 aromatic carbocycles. The number of nitrogens with two attached hydrogens (primary N) is 1. The van der Waals surface area contributed by atoms with Gasteiger partial charge in [-0.3, -0.25) is 9.59 Å². The average Bonchev–Trinajstić information content (AvgIpc) is 2.86. The van der Waals surface area contributed by atoms with Gasteiger partial charge in [0.2, 0.25) is 5.91 Å². The van der Waals surface area contributed by atoms with E-state index in [1.54, 1.807) is 35.9 Å². The van der Waals surface area contributed by atoms with E-state index in [0.717, 1.165) is 0 Å². The number of benzene rings is 1. The standard InChI is InChI=1S/C14H16ClN5O2S/c1-20-12(18-19-14(20)23-8-11(16)21)6-7-17-13(22)9-2-4-10(15)5-3-9/h2-5H,6-8H2,1H3,(H2,16,21)(H,17,22). The SMILES string of the molecule is Cn1c(CCNC(=O)c2ccc(Cl)cc2)nnc1SCC(N)=O. The lowest BCUT2D eigenvalue weighted by atomic mass is 10.2. The molecule has 0 spiro atoms. The van der Waals surface area contributed by atoms with Crippen molar-refractivity contribution in [1.82, 2.24) is 20.1 Å². The second kappa shape index (κ2) is 7.98. The number of nitrogens with one attached hydrogen (secondary N) is 1. The number of hydrogen-bond donors (Lipinski definition) is 2. The van der Waals surface area contributed by atoms with Crippen LogP contribution in [0.2, 0.25) is 5.02 Å².